The van der Waals surface area contributed by atoms with Gasteiger partial charge in [-0.25, -0.2) is 0 Å². The molecule has 0 aliphatic heterocycles. The molecule has 0 atom stereocenters. The zero-order valence-electron chi connectivity index (χ0n) is 21.1. The monoisotopic (exact) mass is 459 g/mol. The number of benzene rings is 1. The molecule has 0 saturated carbocycles. The van der Waals surface area contributed by atoms with E-state index in [-0.39, 0.29) is 0 Å². The van der Waals surface area contributed by atoms with Crippen LogP contribution in [0.3, 0.4) is 0 Å². The lowest BCUT2D eigenvalue weighted by Crippen LogP contribution is -2.29. The van der Waals surface area contributed by atoms with Gasteiger partial charge in [-0.15, -0.1) is 0 Å². The van der Waals surface area contributed by atoms with Gasteiger partial charge in [-0.3, -0.25) is 14.4 Å². The van der Waals surface area contributed by atoms with Crippen molar-refractivity contribution in [2.45, 2.75) is 117 Å². The van der Waals surface area contributed by atoms with Gasteiger partial charge in [-0.2, -0.15) is 0 Å². The highest BCUT2D eigenvalue weighted by molar-refractivity contribution is 6.09. The minimum absolute atomic E-state index is 0.294. The van der Waals surface area contributed by atoms with Crippen LogP contribution < -0.4 is 17.2 Å². The second-order valence-corrected chi connectivity index (χ2v) is 9.09. The molecule has 1 aromatic rings. The summed E-state index contributed by atoms with van der Waals surface area (Å²) in [5, 5.41) is 0. The normalized spacial score (nSPS) is 11.0. The third kappa shape index (κ3) is 8.49. The van der Waals surface area contributed by atoms with Crippen LogP contribution in [-0.2, 0) is 19.3 Å². The van der Waals surface area contributed by atoms with Crippen molar-refractivity contribution in [3.05, 3.63) is 33.4 Å². The highest BCUT2D eigenvalue weighted by atomic mass is 16.2. The molecule has 1 rings (SSSR count). The number of amides is 3. The molecule has 1 aromatic carbocycles. The fraction of sp³-hybridized carbons (Fsp3) is 0.667. The summed E-state index contributed by atoms with van der Waals surface area (Å²) in [6.45, 7) is 6.40. The Bertz CT molecular complexity index is 676. The quantitative estimate of drug-likeness (QED) is 0.256. The van der Waals surface area contributed by atoms with Gasteiger partial charge in [0.05, 0.1) is 0 Å². The largest absolute Gasteiger partial charge is 0.366 e. The zero-order valence-corrected chi connectivity index (χ0v) is 21.1. The molecule has 6 nitrogen and oxygen atoms in total. The number of carbonyl (C=O) groups excluding carboxylic acids is 3. The van der Waals surface area contributed by atoms with Crippen LogP contribution in [0.5, 0.6) is 0 Å². The van der Waals surface area contributed by atoms with E-state index in [9.17, 15) is 14.4 Å². The summed E-state index contributed by atoms with van der Waals surface area (Å²) in [6.07, 6.45) is 13.5. The van der Waals surface area contributed by atoms with Crippen molar-refractivity contribution >= 4 is 17.7 Å². The van der Waals surface area contributed by atoms with Crippen molar-refractivity contribution in [1.82, 2.24) is 0 Å². The number of rotatable bonds is 18. The molecule has 0 aliphatic rings. The minimum atomic E-state index is -0.617. The number of nitrogens with two attached hydrogens (primary N) is 3. The maximum Gasteiger partial charge on any atom is 0.249 e. The number of carbonyl (C=O) groups is 3. The van der Waals surface area contributed by atoms with E-state index >= 15 is 0 Å². The van der Waals surface area contributed by atoms with Crippen LogP contribution >= 0.6 is 0 Å². The molecule has 0 unspecified atom stereocenters. The molecule has 0 radical (unpaired) electrons. The smallest absolute Gasteiger partial charge is 0.249 e. The van der Waals surface area contributed by atoms with E-state index in [2.05, 4.69) is 20.8 Å². The molecule has 6 N–H and O–H groups in total. The fourth-order valence-electron chi connectivity index (χ4n) is 4.75. The first-order valence-electron chi connectivity index (χ1n) is 12.9. The van der Waals surface area contributed by atoms with Crippen LogP contribution in [0.2, 0.25) is 0 Å². The van der Waals surface area contributed by atoms with E-state index in [1.165, 1.54) is 0 Å². The molecule has 0 spiro atoms. The van der Waals surface area contributed by atoms with Gasteiger partial charge in [0.15, 0.2) is 0 Å². The van der Waals surface area contributed by atoms with E-state index < -0.39 is 17.7 Å². The summed E-state index contributed by atoms with van der Waals surface area (Å²) in [5.41, 5.74) is 20.3. The Morgan fingerprint density at radius 2 is 0.697 bits per heavy atom. The lowest BCUT2D eigenvalue weighted by molar-refractivity contribution is 0.0998. The maximum atomic E-state index is 12.7. The predicted molar refractivity (Wildman–Crippen MR) is 136 cm³/mol. The molecule has 0 aliphatic carbocycles. The SMILES string of the molecule is CCCCCCc1c(C(N)=O)c(CCCCCC)c(C(N)=O)c(CCCCCC)c1C(N)=O. The van der Waals surface area contributed by atoms with Crippen LogP contribution in [0.15, 0.2) is 0 Å². The maximum absolute atomic E-state index is 12.7. The van der Waals surface area contributed by atoms with Gasteiger partial charge >= 0.3 is 0 Å². The number of hydrogen-bond donors (Lipinski definition) is 3. The first-order chi connectivity index (χ1) is 15.8. The summed E-state index contributed by atoms with van der Waals surface area (Å²) >= 11 is 0. The molecule has 33 heavy (non-hydrogen) atoms. The average Bonchev–Trinajstić information content (AvgIpc) is 2.76. The van der Waals surface area contributed by atoms with Crippen LogP contribution in [0.1, 0.15) is 146 Å². The van der Waals surface area contributed by atoms with Gasteiger partial charge in [0, 0.05) is 16.7 Å². The van der Waals surface area contributed by atoms with Gasteiger partial charge in [-0.1, -0.05) is 78.6 Å². The van der Waals surface area contributed by atoms with Crippen LogP contribution in [0.25, 0.3) is 0 Å². The average molecular weight is 460 g/mol. The number of primary amides is 3. The van der Waals surface area contributed by atoms with Crippen LogP contribution in [0.4, 0.5) is 0 Å². The molecule has 0 fully saturated rings. The fourth-order valence-corrected chi connectivity index (χ4v) is 4.75. The highest BCUT2D eigenvalue weighted by Gasteiger charge is 2.29. The molecular weight excluding hydrogens is 414 g/mol. The Balaban J connectivity index is 3.73. The molecule has 6 heteroatoms. The lowest BCUT2D eigenvalue weighted by Gasteiger charge is -2.23. The summed E-state index contributed by atoms with van der Waals surface area (Å²) in [6, 6.07) is 0. The third-order valence-electron chi connectivity index (χ3n) is 6.39. The summed E-state index contributed by atoms with van der Waals surface area (Å²) in [5.74, 6) is -1.85. The minimum Gasteiger partial charge on any atom is -0.366 e. The summed E-state index contributed by atoms with van der Waals surface area (Å²) in [4.78, 5) is 38.1. The van der Waals surface area contributed by atoms with E-state index in [0.29, 0.717) is 52.6 Å². The van der Waals surface area contributed by atoms with Gasteiger partial charge < -0.3 is 17.2 Å². The van der Waals surface area contributed by atoms with Crippen molar-refractivity contribution in [2.75, 3.05) is 0 Å². The van der Waals surface area contributed by atoms with Crippen molar-refractivity contribution in [2.24, 2.45) is 17.2 Å². The first kappa shape index (κ1) is 28.7. The van der Waals surface area contributed by atoms with Crippen molar-refractivity contribution in [3.63, 3.8) is 0 Å². The van der Waals surface area contributed by atoms with E-state index in [1.807, 2.05) is 0 Å². The Kier molecular flexibility index (Phi) is 13.4. The highest BCUT2D eigenvalue weighted by Crippen LogP contribution is 2.32. The Hall–Kier alpha value is -2.37. The van der Waals surface area contributed by atoms with Gasteiger partial charge in [-0.05, 0) is 55.2 Å². The molecule has 0 saturated heterocycles. The molecule has 3 amide bonds. The topological polar surface area (TPSA) is 129 Å². The van der Waals surface area contributed by atoms with Crippen LogP contribution in [-0.4, -0.2) is 17.7 Å². The van der Waals surface area contributed by atoms with Gasteiger partial charge in [0.1, 0.15) is 0 Å². The van der Waals surface area contributed by atoms with Crippen LogP contribution in [0, 0.1) is 0 Å². The molecule has 0 bridgehead atoms. The predicted octanol–water partition coefficient (Wildman–Crippen LogP) is 5.35. The van der Waals surface area contributed by atoms with Crippen molar-refractivity contribution in [1.29, 1.82) is 0 Å². The lowest BCUT2D eigenvalue weighted by atomic mass is 9.80. The molecule has 186 valence electrons. The molecule has 0 aromatic heterocycles. The zero-order chi connectivity index (χ0) is 24.8. The number of unbranched alkanes of at least 4 members (excludes halogenated alkanes) is 9. The Morgan fingerprint density at radius 1 is 0.455 bits per heavy atom. The van der Waals surface area contributed by atoms with E-state index in [0.717, 1.165) is 77.0 Å². The van der Waals surface area contributed by atoms with E-state index in [4.69, 9.17) is 17.2 Å². The Labute approximate surface area is 200 Å². The number of hydrogen-bond acceptors (Lipinski definition) is 3. The summed E-state index contributed by atoms with van der Waals surface area (Å²) in [7, 11) is 0. The standard InChI is InChI=1S/C27H45N3O3/c1-4-7-10-13-16-19-22(25(28)31)20(17-14-11-8-5-2)24(27(30)33)21(23(19)26(29)32)18-15-12-9-6-3/h4-18H2,1-3H3,(H2,28,31)(H2,29,32)(H2,30,33). The van der Waals surface area contributed by atoms with Gasteiger partial charge in [0.25, 0.3) is 0 Å². The molecule has 0 heterocycles. The first-order valence-corrected chi connectivity index (χ1v) is 12.9. The Morgan fingerprint density at radius 3 is 0.879 bits per heavy atom. The summed E-state index contributed by atoms with van der Waals surface area (Å²) < 4.78 is 0. The van der Waals surface area contributed by atoms with Crippen molar-refractivity contribution < 1.29 is 14.4 Å². The second-order valence-electron chi connectivity index (χ2n) is 9.09. The van der Waals surface area contributed by atoms with Gasteiger partial charge in [0.2, 0.25) is 17.7 Å². The molecular formula is C27H45N3O3. The third-order valence-corrected chi connectivity index (χ3v) is 6.39. The van der Waals surface area contributed by atoms with E-state index in [1.54, 1.807) is 0 Å². The second kappa shape index (κ2) is 15.5. The van der Waals surface area contributed by atoms with Crippen molar-refractivity contribution in [3.8, 4) is 0 Å².